The van der Waals surface area contributed by atoms with Gasteiger partial charge in [-0.05, 0) is 31.3 Å². The minimum Gasteiger partial charge on any atom is -0.496 e. The van der Waals surface area contributed by atoms with Crippen molar-refractivity contribution in [3.63, 3.8) is 0 Å². The van der Waals surface area contributed by atoms with Gasteiger partial charge >= 0.3 is 0 Å². The second-order valence-electron chi connectivity index (χ2n) is 3.64. The van der Waals surface area contributed by atoms with E-state index in [1.54, 1.807) is 7.11 Å². The van der Waals surface area contributed by atoms with E-state index in [2.05, 4.69) is 15.5 Å². The van der Waals surface area contributed by atoms with Crippen molar-refractivity contribution in [2.75, 3.05) is 14.2 Å². The molecule has 0 radical (unpaired) electrons. The molecule has 2 aromatic rings. The zero-order chi connectivity index (χ0) is 12.1. The average molecular weight is 229 g/mol. The summed E-state index contributed by atoms with van der Waals surface area (Å²) in [5.74, 6) is 0.808. The van der Waals surface area contributed by atoms with E-state index in [1.807, 2.05) is 43.4 Å². The molecular formula is C13H15N3O. The van der Waals surface area contributed by atoms with Crippen LogP contribution >= 0.6 is 0 Å². The number of para-hydroxylation sites is 1. The van der Waals surface area contributed by atoms with Gasteiger partial charge in [0.25, 0.3) is 0 Å². The molecule has 2 rings (SSSR count). The van der Waals surface area contributed by atoms with E-state index in [0.29, 0.717) is 0 Å². The van der Waals surface area contributed by atoms with Crippen LogP contribution in [0.2, 0.25) is 0 Å². The molecule has 1 N–H and O–H groups in total. The molecule has 0 aliphatic rings. The predicted molar refractivity (Wildman–Crippen MR) is 66.8 cm³/mol. The molecule has 1 aromatic heterocycles. The monoisotopic (exact) mass is 229 g/mol. The number of aromatic nitrogens is 2. The fourth-order valence-electron chi connectivity index (χ4n) is 1.64. The van der Waals surface area contributed by atoms with Gasteiger partial charge in [0.1, 0.15) is 5.75 Å². The number of methoxy groups -OCH3 is 1. The summed E-state index contributed by atoms with van der Waals surface area (Å²) >= 11 is 0. The van der Waals surface area contributed by atoms with Crippen LogP contribution in [-0.2, 0) is 6.54 Å². The van der Waals surface area contributed by atoms with E-state index in [4.69, 9.17) is 4.74 Å². The third kappa shape index (κ3) is 2.60. The van der Waals surface area contributed by atoms with Crippen molar-refractivity contribution >= 4 is 0 Å². The molecule has 0 bridgehead atoms. The van der Waals surface area contributed by atoms with E-state index < -0.39 is 0 Å². The molecule has 0 atom stereocenters. The van der Waals surface area contributed by atoms with Crippen molar-refractivity contribution < 1.29 is 4.74 Å². The quantitative estimate of drug-likeness (QED) is 0.869. The Hall–Kier alpha value is -1.94. The van der Waals surface area contributed by atoms with Crippen LogP contribution in [0.15, 0.2) is 36.4 Å². The number of nitrogens with one attached hydrogen (secondary N) is 1. The molecule has 0 unspecified atom stereocenters. The lowest BCUT2D eigenvalue weighted by Crippen LogP contribution is -2.07. The fourth-order valence-corrected chi connectivity index (χ4v) is 1.64. The second kappa shape index (κ2) is 5.41. The Morgan fingerprint density at radius 1 is 1.12 bits per heavy atom. The van der Waals surface area contributed by atoms with Crippen molar-refractivity contribution in [3.8, 4) is 17.0 Å². The summed E-state index contributed by atoms with van der Waals surface area (Å²) in [5, 5.41) is 11.4. The molecule has 0 saturated carbocycles. The Labute approximate surface area is 101 Å². The maximum absolute atomic E-state index is 5.30. The summed E-state index contributed by atoms with van der Waals surface area (Å²) in [6.07, 6.45) is 0. The van der Waals surface area contributed by atoms with Crippen LogP contribution in [0.25, 0.3) is 11.3 Å². The van der Waals surface area contributed by atoms with Gasteiger partial charge in [-0.1, -0.05) is 12.1 Å². The molecule has 4 heteroatoms. The van der Waals surface area contributed by atoms with E-state index in [9.17, 15) is 0 Å². The molecule has 0 aliphatic heterocycles. The topological polar surface area (TPSA) is 47.0 Å². The first kappa shape index (κ1) is 11.5. The number of benzene rings is 1. The lowest BCUT2D eigenvalue weighted by Gasteiger charge is -2.07. The Kier molecular flexibility index (Phi) is 3.67. The molecule has 17 heavy (non-hydrogen) atoms. The number of hydrogen-bond donors (Lipinski definition) is 1. The molecule has 0 aliphatic carbocycles. The highest BCUT2D eigenvalue weighted by Gasteiger charge is 2.06. The van der Waals surface area contributed by atoms with E-state index in [1.165, 1.54) is 0 Å². The van der Waals surface area contributed by atoms with Crippen LogP contribution in [0, 0.1) is 0 Å². The standard InChI is InChI=1S/C13H15N3O/c1-14-9-10-7-8-12(16-15-10)11-5-3-4-6-13(11)17-2/h3-8,14H,9H2,1-2H3. The number of hydrogen-bond acceptors (Lipinski definition) is 4. The minimum atomic E-state index is 0.721. The SMILES string of the molecule is CNCc1ccc(-c2ccccc2OC)nn1. The molecule has 0 saturated heterocycles. The highest BCUT2D eigenvalue weighted by atomic mass is 16.5. The molecule has 88 valence electrons. The third-order valence-corrected chi connectivity index (χ3v) is 2.46. The maximum Gasteiger partial charge on any atom is 0.128 e. The lowest BCUT2D eigenvalue weighted by molar-refractivity contribution is 0.416. The summed E-state index contributed by atoms with van der Waals surface area (Å²) in [4.78, 5) is 0. The van der Waals surface area contributed by atoms with Gasteiger partial charge in [-0.3, -0.25) is 0 Å². The second-order valence-corrected chi connectivity index (χ2v) is 3.64. The Morgan fingerprint density at radius 3 is 2.59 bits per heavy atom. The van der Waals surface area contributed by atoms with E-state index >= 15 is 0 Å². The summed E-state index contributed by atoms with van der Waals surface area (Å²) in [7, 11) is 3.54. The predicted octanol–water partition coefficient (Wildman–Crippen LogP) is 1.87. The van der Waals surface area contributed by atoms with Gasteiger partial charge in [-0.15, -0.1) is 0 Å². The molecular weight excluding hydrogens is 214 g/mol. The Morgan fingerprint density at radius 2 is 1.94 bits per heavy atom. The number of nitrogens with zero attached hydrogens (tertiary/aromatic N) is 2. The fraction of sp³-hybridized carbons (Fsp3) is 0.231. The summed E-state index contributed by atoms with van der Waals surface area (Å²) in [6, 6.07) is 11.7. The molecule has 0 fully saturated rings. The van der Waals surface area contributed by atoms with Crippen LogP contribution in [0.5, 0.6) is 5.75 Å². The molecule has 4 nitrogen and oxygen atoms in total. The first-order valence-corrected chi connectivity index (χ1v) is 5.45. The summed E-state index contributed by atoms with van der Waals surface area (Å²) in [6.45, 7) is 0.721. The third-order valence-electron chi connectivity index (χ3n) is 2.46. The average Bonchev–Trinajstić information content (AvgIpc) is 2.40. The normalized spacial score (nSPS) is 10.2. The molecule has 0 spiro atoms. The smallest absolute Gasteiger partial charge is 0.128 e. The van der Waals surface area contributed by atoms with E-state index in [-0.39, 0.29) is 0 Å². The van der Waals surface area contributed by atoms with Gasteiger partial charge in [-0.25, -0.2) is 0 Å². The van der Waals surface area contributed by atoms with Crippen LogP contribution in [0.3, 0.4) is 0 Å². The zero-order valence-corrected chi connectivity index (χ0v) is 9.97. The molecule has 1 heterocycles. The highest BCUT2D eigenvalue weighted by molar-refractivity contribution is 5.66. The van der Waals surface area contributed by atoms with Crippen LogP contribution in [0.4, 0.5) is 0 Å². The maximum atomic E-state index is 5.30. The highest BCUT2D eigenvalue weighted by Crippen LogP contribution is 2.27. The zero-order valence-electron chi connectivity index (χ0n) is 9.97. The van der Waals surface area contributed by atoms with Crippen LogP contribution in [0.1, 0.15) is 5.69 Å². The van der Waals surface area contributed by atoms with Crippen LogP contribution in [-0.4, -0.2) is 24.4 Å². The van der Waals surface area contributed by atoms with Crippen molar-refractivity contribution in [1.82, 2.24) is 15.5 Å². The summed E-state index contributed by atoms with van der Waals surface area (Å²) in [5.41, 5.74) is 2.70. The van der Waals surface area contributed by atoms with Gasteiger partial charge in [-0.2, -0.15) is 10.2 Å². The largest absolute Gasteiger partial charge is 0.496 e. The number of ether oxygens (including phenoxy) is 1. The minimum absolute atomic E-state index is 0.721. The Bertz CT molecular complexity index is 482. The molecule has 1 aromatic carbocycles. The van der Waals surface area contributed by atoms with Gasteiger partial charge in [0, 0.05) is 12.1 Å². The van der Waals surface area contributed by atoms with Crippen LogP contribution < -0.4 is 10.1 Å². The van der Waals surface area contributed by atoms with Crippen molar-refractivity contribution in [2.45, 2.75) is 6.54 Å². The lowest BCUT2D eigenvalue weighted by atomic mass is 10.1. The summed E-state index contributed by atoms with van der Waals surface area (Å²) < 4.78 is 5.30. The van der Waals surface area contributed by atoms with Gasteiger partial charge in [0.05, 0.1) is 18.5 Å². The van der Waals surface area contributed by atoms with E-state index in [0.717, 1.165) is 29.2 Å². The Balaban J connectivity index is 2.33. The van der Waals surface area contributed by atoms with Crippen molar-refractivity contribution in [3.05, 3.63) is 42.1 Å². The van der Waals surface area contributed by atoms with Crippen molar-refractivity contribution in [2.24, 2.45) is 0 Å². The van der Waals surface area contributed by atoms with Gasteiger partial charge < -0.3 is 10.1 Å². The molecule has 0 amide bonds. The first-order chi connectivity index (χ1) is 8.35. The van der Waals surface area contributed by atoms with Crippen molar-refractivity contribution in [1.29, 1.82) is 0 Å². The van der Waals surface area contributed by atoms with Gasteiger partial charge in [0.15, 0.2) is 0 Å². The van der Waals surface area contributed by atoms with Gasteiger partial charge in [0.2, 0.25) is 0 Å². The number of rotatable bonds is 4. The first-order valence-electron chi connectivity index (χ1n) is 5.45.